The monoisotopic (exact) mass is 331 g/mol. The van der Waals surface area contributed by atoms with E-state index in [0.717, 1.165) is 23.4 Å². The fourth-order valence-electron chi connectivity index (χ4n) is 2.62. The Bertz CT molecular complexity index is 740. The van der Waals surface area contributed by atoms with Crippen molar-refractivity contribution >= 4 is 28.3 Å². The van der Waals surface area contributed by atoms with Crippen LogP contribution in [0.25, 0.3) is 0 Å². The molecule has 1 aliphatic rings. The second kappa shape index (κ2) is 6.37. The maximum Gasteiger partial charge on any atom is 0.257 e. The summed E-state index contributed by atoms with van der Waals surface area (Å²) < 4.78 is 5.07. The van der Waals surface area contributed by atoms with Crippen molar-refractivity contribution in [3.8, 4) is 5.75 Å². The van der Waals surface area contributed by atoms with E-state index in [9.17, 15) is 9.59 Å². The highest BCUT2D eigenvalue weighted by molar-refractivity contribution is 7.16. The fourth-order valence-corrected chi connectivity index (χ4v) is 3.66. The minimum atomic E-state index is -0.225. The van der Waals surface area contributed by atoms with E-state index in [0.29, 0.717) is 16.4 Å². The van der Waals surface area contributed by atoms with Gasteiger partial charge in [-0.3, -0.25) is 14.9 Å². The lowest BCUT2D eigenvalue weighted by Crippen LogP contribution is -2.24. The van der Waals surface area contributed by atoms with Crippen molar-refractivity contribution in [3.63, 3.8) is 0 Å². The summed E-state index contributed by atoms with van der Waals surface area (Å²) in [5, 5.41) is 5.99. The van der Waals surface area contributed by atoms with E-state index in [1.54, 1.807) is 38.4 Å². The molecular formula is C16H17N3O3S. The zero-order valence-electron chi connectivity index (χ0n) is 12.9. The number of likely N-dealkylation sites (N-methyl/N-ethyl adjacent to an activating group) is 1. The molecule has 1 heterocycles. The first kappa shape index (κ1) is 15.5. The van der Waals surface area contributed by atoms with Crippen molar-refractivity contribution < 1.29 is 14.3 Å². The maximum absolute atomic E-state index is 12.2. The molecule has 2 N–H and O–H groups in total. The number of hydrogen-bond acceptors (Lipinski definition) is 5. The largest absolute Gasteiger partial charge is 0.497 e. The molecule has 2 aromatic rings. The summed E-state index contributed by atoms with van der Waals surface area (Å²) in [6, 6.07) is 6.86. The van der Waals surface area contributed by atoms with Crippen LogP contribution in [0.4, 0.5) is 5.13 Å². The number of hydrogen-bond donors (Lipinski definition) is 2. The van der Waals surface area contributed by atoms with Gasteiger partial charge in [-0.15, -0.1) is 11.3 Å². The van der Waals surface area contributed by atoms with Crippen molar-refractivity contribution in [2.24, 2.45) is 0 Å². The SMILES string of the molecule is CNC(=O)[C@@H]1CCc2sc(NC(=O)c3ccc(OC)cc3)nc21. The topological polar surface area (TPSA) is 80.3 Å². The Balaban J connectivity index is 1.74. The van der Waals surface area contributed by atoms with Crippen LogP contribution in [0.1, 0.15) is 33.3 Å². The molecule has 1 aromatic heterocycles. The van der Waals surface area contributed by atoms with Gasteiger partial charge in [0.1, 0.15) is 5.75 Å². The number of amides is 2. The summed E-state index contributed by atoms with van der Waals surface area (Å²) in [6.07, 6.45) is 1.60. The predicted molar refractivity (Wildman–Crippen MR) is 88.2 cm³/mol. The molecule has 3 rings (SSSR count). The Kier molecular flexibility index (Phi) is 4.29. The van der Waals surface area contributed by atoms with Crippen LogP contribution in [0.5, 0.6) is 5.75 Å². The fraction of sp³-hybridized carbons (Fsp3) is 0.312. The van der Waals surface area contributed by atoms with Gasteiger partial charge < -0.3 is 10.1 Å². The molecule has 0 aliphatic heterocycles. The number of fused-ring (bicyclic) bond motifs is 1. The molecule has 0 radical (unpaired) electrons. The molecule has 0 bridgehead atoms. The molecule has 0 saturated carbocycles. The molecule has 2 amide bonds. The zero-order valence-corrected chi connectivity index (χ0v) is 13.7. The Hall–Kier alpha value is -2.41. The number of nitrogens with zero attached hydrogens (tertiary/aromatic N) is 1. The number of carbonyl (C=O) groups excluding carboxylic acids is 2. The smallest absolute Gasteiger partial charge is 0.257 e. The molecule has 1 aliphatic carbocycles. The van der Waals surface area contributed by atoms with Gasteiger partial charge in [0.15, 0.2) is 5.13 Å². The minimum Gasteiger partial charge on any atom is -0.497 e. The van der Waals surface area contributed by atoms with Gasteiger partial charge in [-0.25, -0.2) is 4.98 Å². The van der Waals surface area contributed by atoms with Gasteiger partial charge >= 0.3 is 0 Å². The van der Waals surface area contributed by atoms with Crippen LogP contribution in [0.15, 0.2) is 24.3 Å². The average Bonchev–Trinajstić information content (AvgIpc) is 3.14. The summed E-state index contributed by atoms with van der Waals surface area (Å²) in [5.41, 5.74) is 1.32. The van der Waals surface area contributed by atoms with Crippen LogP contribution in [-0.4, -0.2) is 31.0 Å². The van der Waals surface area contributed by atoms with Crippen molar-refractivity contribution in [2.45, 2.75) is 18.8 Å². The van der Waals surface area contributed by atoms with Gasteiger partial charge in [0, 0.05) is 17.5 Å². The lowest BCUT2D eigenvalue weighted by Gasteiger charge is -2.07. The van der Waals surface area contributed by atoms with Gasteiger partial charge in [0.2, 0.25) is 5.91 Å². The lowest BCUT2D eigenvalue weighted by molar-refractivity contribution is -0.122. The number of anilines is 1. The standard InChI is InChI=1S/C16H17N3O3S/c1-17-15(21)11-7-8-12-13(11)18-16(23-12)19-14(20)9-3-5-10(22-2)6-4-9/h3-6,11H,7-8H2,1-2H3,(H,17,21)(H,18,19,20)/t11-/m1/s1. The first-order chi connectivity index (χ1) is 11.1. The van der Waals surface area contributed by atoms with E-state index in [4.69, 9.17) is 4.74 Å². The van der Waals surface area contributed by atoms with E-state index >= 15 is 0 Å². The number of thiazole rings is 1. The number of nitrogens with one attached hydrogen (secondary N) is 2. The van der Waals surface area contributed by atoms with Gasteiger partial charge in [-0.1, -0.05) is 0 Å². The maximum atomic E-state index is 12.2. The summed E-state index contributed by atoms with van der Waals surface area (Å²) in [5.74, 6) is 0.236. The predicted octanol–water partition coefficient (Wildman–Crippen LogP) is 2.18. The lowest BCUT2D eigenvalue weighted by atomic mass is 10.1. The van der Waals surface area contributed by atoms with Crippen molar-refractivity contribution in [3.05, 3.63) is 40.4 Å². The minimum absolute atomic E-state index is 0.0259. The Morgan fingerprint density at radius 2 is 2.04 bits per heavy atom. The van der Waals surface area contributed by atoms with Crippen LogP contribution >= 0.6 is 11.3 Å². The van der Waals surface area contributed by atoms with E-state index in [1.165, 1.54) is 11.3 Å². The van der Waals surface area contributed by atoms with Crippen LogP contribution in [0, 0.1) is 0 Å². The third-order valence-corrected chi connectivity index (χ3v) is 4.90. The summed E-state index contributed by atoms with van der Waals surface area (Å²) >= 11 is 1.44. The van der Waals surface area contributed by atoms with Crippen LogP contribution in [0.2, 0.25) is 0 Å². The molecule has 0 unspecified atom stereocenters. The van der Waals surface area contributed by atoms with E-state index in [-0.39, 0.29) is 17.7 Å². The first-order valence-electron chi connectivity index (χ1n) is 7.29. The number of carbonyl (C=O) groups is 2. The molecule has 7 heteroatoms. The molecular weight excluding hydrogens is 314 g/mol. The number of aromatic nitrogens is 1. The van der Waals surface area contributed by atoms with Crippen LogP contribution in [-0.2, 0) is 11.2 Å². The Morgan fingerprint density at radius 1 is 1.30 bits per heavy atom. The zero-order chi connectivity index (χ0) is 16.4. The third-order valence-electron chi connectivity index (χ3n) is 3.85. The summed E-state index contributed by atoms with van der Waals surface area (Å²) in [4.78, 5) is 29.6. The van der Waals surface area contributed by atoms with Crippen LogP contribution < -0.4 is 15.4 Å². The molecule has 1 atom stereocenters. The number of rotatable bonds is 4. The van der Waals surface area contributed by atoms with E-state index in [2.05, 4.69) is 15.6 Å². The number of benzene rings is 1. The van der Waals surface area contributed by atoms with Gasteiger partial charge in [0.05, 0.1) is 18.7 Å². The highest BCUT2D eigenvalue weighted by Gasteiger charge is 2.32. The van der Waals surface area contributed by atoms with Crippen molar-refractivity contribution in [2.75, 3.05) is 19.5 Å². The van der Waals surface area contributed by atoms with Crippen molar-refractivity contribution in [1.82, 2.24) is 10.3 Å². The summed E-state index contributed by atoms with van der Waals surface area (Å²) in [7, 11) is 3.20. The normalized spacial score (nSPS) is 15.8. The summed E-state index contributed by atoms with van der Waals surface area (Å²) in [6.45, 7) is 0. The van der Waals surface area contributed by atoms with Crippen LogP contribution in [0.3, 0.4) is 0 Å². The Morgan fingerprint density at radius 3 is 2.70 bits per heavy atom. The molecule has 0 fully saturated rings. The second-order valence-corrected chi connectivity index (χ2v) is 6.30. The molecule has 0 saturated heterocycles. The number of ether oxygens (including phenoxy) is 1. The van der Waals surface area contributed by atoms with Gasteiger partial charge in [-0.2, -0.15) is 0 Å². The Labute approximate surface area is 137 Å². The third kappa shape index (κ3) is 3.05. The average molecular weight is 331 g/mol. The van der Waals surface area contributed by atoms with E-state index in [1.807, 2.05) is 0 Å². The van der Waals surface area contributed by atoms with Gasteiger partial charge in [0.25, 0.3) is 5.91 Å². The first-order valence-corrected chi connectivity index (χ1v) is 8.10. The number of methoxy groups -OCH3 is 1. The number of aryl methyl sites for hydroxylation is 1. The second-order valence-electron chi connectivity index (χ2n) is 5.22. The van der Waals surface area contributed by atoms with Crippen molar-refractivity contribution in [1.29, 1.82) is 0 Å². The quantitative estimate of drug-likeness (QED) is 0.900. The highest BCUT2D eigenvalue weighted by Crippen LogP contribution is 2.38. The molecule has 0 spiro atoms. The van der Waals surface area contributed by atoms with E-state index < -0.39 is 0 Å². The highest BCUT2D eigenvalue weighted by atomic mass is 32.1. The molecule has 120 valence electrons. The molecule has 1 aromatic carbocycles. The van der Waals surface area contributed by atoms with Gasteiger partial charge in [-0.05, 0) is 37.1 Å². The molecule has 6 nitrogen and oxygen atoms in total. The molecule has 23 heavy (non-hydrogen) atoms.